The van der Waals surface area contributed by atoms with Crippen molar-refractivity contribution < 1.29 is 9.26 Å². The van der Waals surface area contributed by atoms with E-state index >= 15 is 0 Å². The highest BCUT2D eigenvalue weighted by Crippen LogP contribution is 2.29. The van der Waals surface area contributed by atoms with E-state index < -0.39 is 0 Å². The van der Waals surface area contributed by atoms with Crippen LogP contribution in [0.1, 0.15) is 29.8 Å². The molecule has 0 radical (unpaired) electrons. The van der Waals surface area contributed by atoms with Crippen molar-refractivity contribution in [3.63, 3.8) is 0 Å². The SMILES string of the molecule is Cc1cc(Br)cc(CNC2CC2)c1OCc1ncon1. The number of aromatic nitrogens is 2. The molecular formula is C14H16BrN3O2. The molecule has 106 valence electrons. The van der Waals surface area contributed by atoms with Crippen molar-refractivity contribution in [2.24, 2.45) is 0 Å². The first-order chi connectivity index (χ1) is 9.72. The lowest BCUT2D eigenvalue weighted by Crippen LogP contribution is -2.16. The van der Waals surface area contributed by atoms with E-state index in [4.69, 9.17) is 9.26 Å². The van der Waals surface area contributed by atoms with Crippen molar-refractivity contribution in [3.05, 3.63) is 40.0 Å². The van der Waals surface area contributed by atoms with Gasteiger partial charge in [-0.15, -0.1) is 0 Å². The van der Waals surface area contributed by atoms with E-state index in [1.165, 1.54) is 19.2 Å². The summed E-state index contributed by atoms with van der Waals surface area (Å²) in [4.78, 5) is 3.96. The fourth-order valence-electron chi connectivity index (χ4n) is 2.07. The van der Waals surface area contributed by atoms with Gasteiger partial charge in [0.1, 0.15) is 5.75 Å². The summed E-state index contributed by atoms with van der Waals surface area (Å²) in [5, 5.41) is 7.27. The fraction of sp³-hybridized carbons (Fsp3) is 0.429. The van der Waals surface area contributed by atoms with Crippen molar-refractivity contribution in [3.8, 4) is 5.75 Å². The van der Waals surface area contributed by atoms with Gasteiger partial charge in [0, 0.05) is 22.6 Å². The first-order valence-corrected chi connectivity index (χ1v) is 7.42. The average molecular weight is 338 g/mol. The highest BCUT2D eigenvalue weighted by Gasteiger charge is 2.21. The maximum atomic E-state index is 5.87. The minimum absolute atomic E-state index is 0.315. The molecule has 6 heteroatoms. The van der Waals surface area contributed by atoms with Gasteiger partial charge in [0.25, 0.3) is 0 Å². The molecule has 3 rings (SSSR count). The van der Waals surface area contributed by atoms with E-state index in [0.29, 0.717) is 18.5 Å². The highest BCUT2D eigenvalue weighted by atomic mass is 79.9. The molecule has 1 N–H and O–H groups in total. The molecule has 0 spiro atoms. The monoisotopic (exact) mass is 337 g/mol. The second kappa shape index (κ2) is 5.93. The molecule has 1 saturated carbocycles. The van der Waals surface area contributed by atoms with Crippen LogP contribution in [0.2, 0.25) is 0 Å². The molecule has 1 aliphatic rings. The Hall–Kier alpha value is -1.40. The normalized spacial score (nSPS) is 14.5. The second-order valence-corrected chi connectivity index (χ2v) is 5.92. The first-order valence-electron chi connectivity index (χ1n) is 6.63. The highest BCUT2D eigenvalue weighted by molar-refractivity contribution is 9.10. The molecular weight excluding hydrogens is 322 g/mol. The van der Waals surface area contributed by atoms with Gasteiger partial charge in [-0.3, -0.25) is 0 Å². The molecule has 1 aromatic heterocycles. The topological polar surface area (TPSA) is 60.2 Å². The van der Waals surface area contributed by atoms with E-state index in [0.717, 1.165) is 27.9 Å². The van der Waals surface area contributed by atoms with Gasteiger partial charge in [0.05, 0.1) is 0 Å². The van der Waals surface area contributed by atoms with E-state index in [-0.39, 0.29) is 0 Å². The van der Waals surface area contributed by atoms with Gasteiger partial charge in [0.15, 0.2) is 6.61 Å². The van der Waals surface area contributed by atoms with Gasteiger partial charge in [-0.2, -0.15) is 4.98 Å². The molecule has 1 fully saturated rings. The largest absolute Gasteiger partial charge is 0.485 e. The number of halogens is 1. The standard InChI is InChI=1S/C14H16BrN3O2/c1-9-4-11(15)5-10(6-16-12-2-3-12)14(9)19-7-13-17-8-20-18-13/h4-5,8,12,16H,2-3,6-7H2,1H3. The Labute approximate surface area is 125 Å². The van der Waals surface area contributed by atoms with Crippen molar-refractivity contribution in [1.29, 1.82) is 0 Å². The second-order valence-electron chi connectivity index (χ2n) is 5.00. The number of hydrogen-bond donors (Lipinski definition) is 1. The molecule has 1 aromatic carbocycles. The Morgan fingerprint density at radius 1 is 1.45 bits per heavy atom. The van der Waals surface area contributed by atoms with Gasteiger partial charge in [-0.25, -0.2) is 0 Å². The minimum atomic E-state index is 0.315. The van der Waals surface area contributed by atoms with Gasteiger partial charge in [0.2, 0.25) is 12.2 Å². The number of ether oxygens (including phenoxy) is 1. The molecule has 2 aromatic rings. The van der Waals surface area contributed by atoms with E-state index in [2.05, 4.69) is 37.5 Å². The summed E-state index contributed by atoms with van der Waals surface area (Å²) in [5.41, 5.74) is 2.24. The van der Waals surface area contributed by atoms with Crippen molar-refractivity contribution in [2.75, 3.05) is 0 Å². The smallest absolute Gasteiger partial charge is 0.213 e. The third-order valence-electron chi connectivity index (χ3n) is 3.23. The van der Waals surface area contributed by atoms with Crippen molar-refractivity contribution in [1.82, 2.24) is 15.5 Å². The number of benzene rings is 1. The van der Waals surface area contributed by atoms with Gasteiger partial charge in [-0.1, -0.05) is 21.1 Å². The van der Waals surface area contributed by atoms with Crippen LogP contribution in [-0.4, -0.2) is 16.2 Å². The summed E-state index contributed by atoms with van der Waals surface area (Å²) in [5.74, 6) is 1.44. The van der Waals surface area contributed by atoms with Crippen LogP contribution in [0.4, 0.5) is 0 Å². The molecule has 20 heavy (non-hydrogen) atoms. The number of aryl methyl sites for hydroxylation is 1. The van der Waals surface area contributed by atoms with E-state index in [1.807, 2.05) is 13.0 Å². The van der Waals surface area contributed by atoms with Crippen molar-refractivity contribution >= 4 is 15.9 Å². The molecule has 0 aliphatic heterocycles. The predicted molar refractivity (Wildman–Crippen MR) is 77.4 cm³/mol. The van der Waals surface area contributed by atoms with E-state index in [1.54, 1.807) is 0 Å². The average Bonchev–Trinajstić information content (AvgIpc) is 3.10. The molecule has 1 aliphatic carbocycles. The maximum absolute atomic E-state index is 5.87. The van der Waals surface area contributed by atoms with Crippen LogP contribution in [0.3, 0.4) is 0 Å². The zero-order valence-electron chi connectivity index (χ0n) is 11.2. The number of nitrogens with one attached hydrogen (secondary N) is 1. The summed E-state index contributed by atoms with van der Waals surface area (Å²) >= 11 is 3.54. The molecule has 5 nitrogen and oxygen atoms in total. The number of rotatable bonds is 6. The third-order valence-corrected chi connectivity index (χ3v) is 3.69. The summed E-state index contributed by atoms with van der Waals surface area (Å²) in [7, 11) is 0. The zero-order chi connectivity index (χ0) is 13.9. The first kappa shape index (κ1) is 13.6. The molecule has 0 bridgehead atoms. The molecule has 0 unspecified atom stereocenters. The Morgan fingerprint density at radius 2 is 2.30 bits per heavy atom. The maximum Gasteiger partial charge on any atom is 0.213 e. The predicted octanol–water partition coefficient (Wildman–Crippen LogP) is 2.97. The third kappa shape index (κ3) is 3.37. The molecule has 0 amide bonds. The van der Waals surface area contributed by atoms with Crippen LogP contribution in [0.5, 0.6) is 5.75 Å². The Kier molecular flexibility index (Phi) is 4.03. The minimum Gasteiger partial charge on any atom is -0.485 e. The quantitative estimate of drug-likeness (QED) is 0.877. The summed E-state index contributed by atoms with van der Waals surface area (Å²) < 4.78 is 11.6. The fourth-order valence-corrected chi connectivity index (χ4v) is 2.69. The van der Waals surface area contributed by atoms with E-state index in [9.17, 15) is 0 Å². The van der Waals surface area contributed by atoms with Gasteiger partial charge < -0.3 is 14.6 Å². The van der Waals surface area contributed by atoms with Crippen LogP contribution >= 0.6 is 15.9 Å². The van der Waals surface area contributed by atoms with Crippen molar-refractivity contribution in [2.45, 2.75) is 39.0 Å². The number of hydrogen-bond acceptors (Lipinski definition) is 5. The molecule has 1 heterocycles. The zero-order valence-corrected chi connectivity index (χ0v) is 12.8. The lowest BCUT2D eigenvalue weighted by Gasteiger charge is -2.14. The molecule has 0 saturated heterocycles. The van der Waals surface area contributed by atoms with Crippen LogP contribution in [0.15, 0.2) is 27.5 Å². The van der Waals surface area contributed by atoms with Crippen LogP contribution < -0.4 is 10.1 Å². The summed E-state index contributed by atoms with van der Waals surface area (Å²) in [6.45, 7) is 3.17. The lowest BCUT2D eigenvalue weighted by molar-refractivity contribution is 0.281. The molecule has 0 atom stereocenters. The van der Waals surface area contributed by atoms with Gasteiger partial charge >= 0.3 is 0 Å². The summed E-state index contributed by atoms with van der Waals surface area (Å²) in [6.07, 6.45) is 3.85. The van der Waals surface area contributed by atoms with Crippen LogP contribution in [-0.2, 0) is 13.2 Å². The number of nitrogens with zero attached hydrogens (tertiary/aromatic N) is 2. The Bertz CT molecular complexity index is 582. The lowest BCUT2D eigenvalue weighted by atomic mass is 10.1. The Balaban J connectivity index is 1.75. The summed E-state index contributed by atoms with van der Waals surface area (Å²) in [6, 6.07) is 4.81. The van der Waals surface area contributed by atoms with Crippen LogP contribution in [0.25, 0.3) is 0 Å². The Morgan fingerprint density at radius 3 is 3.00 bits per heavy atom. The van der Waals surface area contributed by atoms with Crippen LogP contribution in [0, 0.1) is 6.92 Å². The van der Waals surface area contributed by atoms with Gasteiger partial charge in [-0.05, 0) is 37.5 Å².